The molecule has 0 aromatic heterocycles. The molecule has 1 saturated heterocycles. The summed E-state index contributed by atoms with van der Waals surface area (Å²) in [5.74, 6) is -1.38. The number of anilines is 1. The molecule has 0 bridgehead atoms. The highest BCUT2D eigenvalue weighted by Gasteiger charge is 2.32. The zero-order valence-electron chi connectivity index (χ0n) is 19.0. The van der Waals surface area contributed by atoms with E-state index < -0.39 is 37.5 Å². The molecule has 0 aliphatic carbocycles. The first kappa shape index (κ1) is 25.3. The Kier molecular flexibility index (Phi) is 8.35. The van der Waals surface area contributed by atoms with Crippen molar-refractivity contribution < 1.29 is 32.9 Å². The number of nitrogens with zero attached hydrogens (tertiary/aromatic N) is 2. The molecule has 1 fully saturated rings. The maximum Gasteiger partial charge on any atom is 0.414 e. The van der Waals surface area contributed by atoms with Gasteiger partial charge in [-0.15, -0.1) is 0 Å². The molecular weight excluding hydrogens is 447 g/mol. The van der Waals surface area contributed by atoms with E-state index in [4.69, 9.17) is 4.74 Å². The lowest BCUT2D eigenvalue weighted by molar-refractivity contribution is -0.120. The minimum atomic E-state index is -1.09. The van der Waals surface area contributed by atoms with Gasteiger partial charge in [-0.05, 0) is 36.1 Å². The molecule has 8 nitrogen and oxygen atoms in total. The summed E-state index contributed by atoms with van der Waals surface area (Å²) in [4.78, 5) is 37.4. The van der Waals surface area contributed by atoms with E-state index in [1.54, 1.807) is 36.4 Å². The van der Waals surface area contributed by atoms with Crippen molar-refractivity contribution in [1.82, 2.24) is 10.1 Å². The number of ether oxygens (including phenoxy) is 1. The topological polar surface area (TPSA) is 99.2 Å². The Labute approximate surface area is 196 Å². The summed E-state index contributed by atoms with van der Waals surface area (Å²) in [5.41, 5.74) is 2.04. The van der Waals surface area contributed by atoms with Crippen LogP contribution in [0.25, 0.3) is 11.1 Å². The molecule has 0 saturated carbocycles. The SMILES string of the molecule is CB(O)N(CC(=O)CF)Cc1ccc(-c2ccc(N3C[C@H](CNC(C)=O)OC3=O)cc2F)cc1. The van der Waals surface area contributed by atoms with Gasteiger partial charge in [0.2, 0.25) is 5.91 Å². The molecule has 1 aliphatic heterocycles. The minimum absolute atomic E-state index is 0.179. The third-order valence-corrected chi connectivity index (χ3v) is 5.42. The van der Waals surface area contributed by atoms with Gasteiger partial charge >= 0.3 is 13.1 Å². The fraction of sp³-hybridized carbons (Fsp3) is 0.348. The number of nitrogens with one attached hydrogen (secondary N) is 1. The summed E-state index contributed by atoms with van der Waals surface area (Å²) in [5, 5.41) is 12.4. The largest absolute Gasteiger partial charge is 0.442 e. The maximum atomic E-state index is 14.9. The van der Waals surface area contributed by atoms with Crippen LogP contribution in [0, 0.1) is 5.82 Å². The van der Waals surface area contributed by atoms with E-state index in [0.717, 1.165) is 5.56 Å². The zero-order valence-corrected chi connectivity index (χ0v) is 19.0. The van der Waals surface area contributed by atoms with Crippen molar-refractivity contribution in [2.75, 3.05) is 31.2 Å². The molecule has 0 unspecified atom stereocenters. The number of alkyl halides is 1. The maximum absolute atomic E-state index is 14.9. The molecule has 11 heteroatoms. The normalized spacial score (nSPS) is 15.4. The molecular formula is C23H26BF2N3O5. The number of Topliss-reactive ketones (excluding diaryl/α,β-unsaturated/α-hetero) is 1. The first-order valence-electron chi connectivity index (χ1n) is 10.8. The summed E-state index contributed by atoms with van der Waals surface area (Å²) in [6, 6.07) is 11.3. The van der Waals surface area contributed by atoms with Crippen LogP contribution in [-0.4, -0.2) is 67.1 Å². The molecule has 1 aliphatic rings. The minimum Gasteiger partial charge on any atom is -0.442 e. The molecule has 2 aromatic carbocycles. The number of ketones is 1. The van der Waals surface area contributed by atoms with Gasteiger partial charge in [0.05, 0.1) is 25.3 Å². The van der Waals surface area contributed by atoms with Gasteiger partial charge in [0, 0.05) is 19.0 Å². The van der Waals surface area contributed by atoms with Gasteiger partial charge in [-0.1, -0.05) is 24.3 Å². The van der Waals surface area contributed by atoms with Crippen LogP contribution in [0.2, 0.25) is 6.82 Å². The second-order valence-electron chi connectivity index (χ2n) is 8.12. The van der Waals surface area contributed by atoms with Crippen molar-refractivity contribution in [3.05, 3.63) is 53.8 Å². The number of carbonyl (C=O) groups is 3. The van der Waals surface area contributed by atoms with Crippen LogP contribution < -0.4 is 10.2 Å². The van der Waals surface area contributed by atoms with Crippen molar-refractivity contribution in [3.63, 3.8) is 0 Å². The van der Waals surface area contributed by atoms with Crippen molar-refractivity contribution in [3.8, 4) is 11.1 Å². The summed E-state index contributed by atoms with van der Waals surface area (Å²) in [7, 11) is -0.935. The van der Waals surface area contributed by atoms with Crippen LogP contribution in [0.5, 0.6) is 0 Å². The lowest BCUT2D eigenvalue weighted by atomic mass is 9.84. The average molecular weight is 473 g/mol. The Bertz CT molecular complexity index is 1050. The molecule has 3 rings (SSSR count). The number of benzene rings is 2. The standard InChI is InChI=1S/C23H26BF2N3O5/c1-15(30)27-11-20-14-29(23(32)34-20)18-7-8-21(22(26)9-18)17-5-3-16(4-6-17)12-28(24(2)33)13-19(31)10-25/h3-9,20,33H,10-14H2,1-2H3,(H,27,30)/t20-/m0/s1. The molecule has 2 amide bonds. The van der Waals surface area contributed by atoms with Gasteiger partial charge < -0.3 is 19.9 Å². The quantitative estimate of drug-likeness (QED) is 0.515. The Morgan fingerprint density at radius 2 is 1.97 bits per heavy atom. The molecule has 2 N–H and O–H groups in total. The number of hydrogen-bond donors (Lipinski definition) is 2. The molecule has 180 valence electrons. The molecule has 0 spiro atoms. The fourth-order valence-electron chi connectivity index (χ4n) is 3.62. The highest BCUT2D eigenvalue weighted by atomic mass is 19.1. The predicted molar refractivity (Wildman–Crippen MR) is 123 cm³/mol. The molecule has 2 aromatic rings. The second-order valence-corrected chi connectivity index (χ2v) is 8.12. The first-order valence-corrected chi connectivity index (χ1v) is 10.8. The van der Waals surface area contributed by atoms with E-state index in [1.807, 2.05) is 0 Å². The summed E-state index contributed by atoms with van der Waals surface area (Å²) in [6.07, 6.45) is -1.13. The van der Waals surface area contributed by atoms with Crippen LogP contribution in [0.3, 0.4) is 0 Å². The number of amides is 2. The van der Waals surface area contributed by atoms with Gasteiger partial charge in [0.1, 0.15) is 18.6 Å². The summed E-state index contributed by atoms with van der Waals surface area (Å²) in [6.45, 7) is 2.15. The van der Waals surface area contributed by atoms with Crippen molar-refractivity contribution in [2.45, 2.75) is 26.4 Å². The zero-order chi connectivity index (χ0) is 24.8. The summed E-state index contributed by atoms with van der Waals surface area (Å²) >= 11 is 0. The van der Waals surface area contributed by atoms with Gasteiger partial charge in [0.25, 0.3) is 0 Å². The van der Waals surface area contributed by atoms with E-state index in [2.05, 4.69) is 5.32 Å². The Morgan fingerprint density at radius 3 is 2.56 bits per heavy atom. The summed E-state index contributed by atoms with van der Waals surface area (Å²) < 4.78 is 32.7. The third kappa shape index (κ3) is 6.39. The van der Waals surface area contributed by atoms with E-state index in [-0.39, 0.29) is 32.1 Å². The van der Waals surface area contributed by atoms with Gasteiger partial charge in [-0.2, -0.15) is 0 Å². The van der Waals surface area contributed by atoms with E-state index in [0.29, 0.717) is 16.8 Å². The Morgan fingerprint density at radius 1 is 1.26 bits per heavy atom. The monoisotopic (exact) mass is 473 g/mol. The van der Waals surface area contributed by atoms with Crippen LogP contribution in [0.15, 0.2) is 42.5 Å². The van der Waals surface area contributed by atoms with Crippen molar-refractivity contribution in [1.29, 1.82) is 0 Å². The predicted octanol–water partition coefficient (Wildman–Crippen LogP) is 2.40. The smallest absolute Gasteiger partial charge is 0.414 e. The van der Waals surface area contributed by atoms with Crippen LogP contribution in [-0.2, 0) is 20.9 Å². The van der Waals surface area contributed by atoms with E-state index >= 15 is 0 Å². The number of cyclic esters (lactones) is 1. The third-order valence-electron chi connectivity index (χ3n) is 5.42. The lowest BCUT2D eigenvalue weighted by Crippen LogP contribution is -2.40. The van der Waals surface area contributed by atoms with Crippen molar-refractivity contribution >= 4 is 30.5 Å². The Balaban J connectivity index is 1.69. The van der Waals surface area contributed by atoms with Crippen LogP contribution >= 0.6 is 0 Å². The number of rotatable bonds is 10. The lowest BCUT2D eigenvalue weighted by Gasteiger charge is -2.22. The van der Waals surface area contributed by atoms with Crippen molar-refractivity contribution in [2.24, 2.45) is 0 Å². The van der Waals surface area contributed by atoms with E-state index in [9.17, 15) is 28.2 Å². The van der Waals surface area contributed by atoms with Crippen LogP contribution in [0.1, 0.15) is 12.5 Å². The van der Waals surface area contributed by atoms with E-state index in [1.165, 1.54) is 29.5 Å². The fourth-order valence-corrected chi connectivity index (χ4v) is 3.62. The van der Waals surface area contributed by atoms with Gasteiger partial charge in [0.15, 0.2) is 5.78 Å². The number of halogens is 2. The average Bonchev–Trinajstić information content (AvgIpc) is 3.18. The highest BCUT2D eigenvalue weighted by Crippen LogP contribution is 2.29. The first-order chi connectivity index (χ1) is 16.2. The number of carbonyl (C=O) groups excluding carboxylic acids is 3. The molecule has 1 heterocycles. The van der Waals surface area contributed by atoms with Gasteiger partial charge in [-0.3, -0.25) is 14.5 Å². The molecule has 0 radical (unpaired) electrons. The number of hydrogen-bond acceptors (Lipinski definition) is 6. The van der Waals surface area contributed by atoms with Crippen LogP contribution in [0.4, 0.5) is 19.3 Å². The highest BCUT2D eigenvalue weighted by molar-refractivity contribution is 6.45. The molecule has 34 heavy (non-hydrogen) atoms. The Hall–Kier alpha value is -3.31. The second kappa shape index (κ2) is 11.2. The molecule has 1 atom stereocenters. The van der Waals surface area contributed by atoms with Gasteiger partial charge in [-0.25, -0.2) is 13.6 Å².